The minimum absolute atomic E-state index is 0.0750. The van der Waals surface area contributed by atoms with Crippen molar-refractivity contribution in [3.63, 3.8) is 0 Å². The summed E-state index contributed by atoms with van der Waals surface area (Å²) >= 11 is 0. The first kappa shape index (κ1) is 18.6. The monoisotopic (exact) mass is 378 g/mol. The molecular formula is C18H22N2O5S. The van der Waals surface area contributed by atoms with E-state index in [1.54, 1.807) is 13.0 Å². The lowest BCUT2D eigenvalue weighted by atomic mass is 9.82. The van der Waals surface area contributed by atoms with Crippen molar-refractivity contribution >= 4 is 27.6 Å². The number of hydrogen-bond acceptors (Lipinski definition) is 4. The number of aliphatic carboxylic acids is 1. The summed E-state index contributed by atoms with van der Waals surface area (Å²) in [4.78, 5) is 24.5. The first-order chi connectivity index (χ1) is 12.1. The number of benzene rings is 1. The number of amides is 1. The highest BCUT2D eigenvalue weighted by molar-refractivity contribution is 7.89. The molecule has 0 radical (unpaired) electrons. The molecule has 2 bridgehead atoms. The van der Waals surface area contributed by atoms with Crippen LogP contribution < -0.4 is 5.32 Å². The number of carboxylic acid groups (broad SMARTS) is 1. The van der Waals surface area contributed by atoms with Crippen molar-refractivity contribution in [2.75, 3.05) is 19.4 Å². The minimum Gasteiger partial charge on any atom is -0.481 e. The predicted molar refractivity (Wildman–Crippen MR) is 96.0 cm³/mol. The van der Waals surface area contributed by atoms with Crippen LogP contribution >= 0.6 is 0 Å². The summed E-state index contributed by atoms with van der Waals surface area (Å²) in [6, 6.07) is 4.53. The molecule has 0 aromatic heterocycles. The summed E-state index contributed by atoms with van der Waals surface area (Å²) in [5.41, 5.74) is 1.09. The Hall–Kier alpha value is -2.19. The molecule has 2 aliphatic carbocycles. The summed E-state index contributed by atoms with van der Waals surface area (Å²) in [6.45, 7) is 1.76. The number of carboxylic acids is 1. The lowest BCUT2D eigenvalue weighted by molar-refractivity contribution is -0.146. The van der Waals surface area contributed by atoms with Crippen LogP contribution in [0.5, 0.6) is 0 Å². The van der Waals surface area contributed by atoms with Gasteiger partial charge in [0.25, 0.3) is 0 Å². The molecule has 26 heavy (non-hydrogen) atoms. The van der Waals surface area contributed by atoms with Gasteiger partial charge in [-0.1, -0.05) is 18.2 Å². The van der Waals surface area contributed by atoms with E-state index >= 15 is 0 Å². The Morgan fingerprint density at radius 1 is 1.15 bits per heavy atom. The van der Waals surface area contributed by atoms with Crippen LogP contribution in [0.1, 0.15) is 12.0 Å². The average molecular weight is 378 g/mol. The van der Waals surface area contributed by atoms with Crippen LogP contribution in [0.2, 0.25) is 0 Å². The third-order valence-electron chi connectivity index (χ3n) is 5.29. The molecule has 0 heterocycles. The van der Waals surface area contributed by atoms with Gasteiger partial charge < -0.3 is 10.4 Å². The Kier molecular flexibility index (Phi) is 4.66. The van der Waals surface area contributed by atoms with Gasteiger partial charge in [-0.05, 0) is 42.9 Å². The smallest absolute Gasteiger partial charge is 0.307 e. The molecule has 1 amide bonds. The maximum atomic E-state index is 12.8. The predicted octanol–water partition coefficient (Wildman–Crippen LogP) is 1.71. The zero-order chi connectivity index (χ0) is 19.2. The molecule has 1 aromatic rings. The van der Waals surface area contributed by atoms with Gasteiger partial charge in [0.1, 0.15) is 0 Å². The number of carbonyl (C=O) groups excluding carboxylic acids is 1. The first-order valence-electron chi connectivity index (χ1n) is 8.38. The first-order valence-corrected chi connectivity index (χ1v) is 9.82. The molecule has 8 heteroatoms. The van der Waals surface area contributed by atoms with E-state index in [2.05, 4.69) is 5.32 Å². The number of allylic oxidation sites excluding steroid dienone is 2. The van der Waals surface area contributed by atoms with Crippen LogP contribution in [0, 0.1) is 30.6 Å². The fraction of sp³-hybridized carbons (Fsp3) is 0.444. The maximum Gasteiger partial charge on any atom is 0.307 e. The number of nitrogens with one attached hydrogen (secondary N) is 1. The zero-order valence-corrected chi connectivity index (χ0v) is 15.7. The molecule has 2 N–H and O–H groups in total. The van der Waals surface area contributed by atoms with Crippen LogP contribution in [-0.4, -0.2) is 43.8 Å². The SMILES string of the molecule is Cc1ccc(S(=O)(=O)N(C)C)cc1NC(=O)C1C2C=CC(C2)C1C(=O)O. The van der Waals surface area contributed by atoms with Crippen LogP contribution in [0.3, 0.4) is 0 Å². The molecule has 1 fully saturated rings. The van der Waals surface area contributed by atoms with E-state index in [0.717, 1.165) is 4.31 Å². The molecule has 0 saturated heterocycles. The molecule has 7 nitrogen and oxygen atoms in total. The third kappa shape index (κ3) is 3.03. The topological polar surface area (TPSA) is 104 Å². The van der Waals surface area contributed by atoms with Crippen LogP contribution in [0.25, 0.3) is 0 Å². The van der Waals surface area contributed by atoms with Crippen molar-refractivity contribution < 1.29 is 23.1 Å². The number of sulfonamides is 1. The lowest BCUT2D eigenvalue weighted by Gasteiger charge is -2.24. The van der Waals surface area contributed by atoms with E-state index in [1.165, 1.54) is 26.2 Å². The van der Waals surface area contributed by atoms with Crippen molar-refractivity contribution in [1.29, 1.82) is 0 Å². The average Bonchev–Trinajstić information content (AvgIpc) is 3.17. The Morgan fingerprint density at radius 3 is 2.35 bits per heavy atom. The number of nitrogens with zero attached hydrogens (tertiary/aromatic N) is 1. The second kappa shape index (κ2) is 6.51. The van der Waals surface area contributed by atoms with Gasteiger partial charge in [0.2, 0.25) is 15.9 Å². The highest BCUT2D eigenvalue weighted by atomic mass is 32.2. The normalized spacial score (nSPS) is 27.1. The number of aryl methyl sites for hydroxylation is 1. The minimum atomic E-state index is -3.63. The molecule has 0 aliphatic heterocycles. The largest absolute Gasteiger partial charge is 0.481 e. The fourth-order valence-electron chi connectivity index (χ4n) is 3.84. The standard InChI is InChI=1S/C18H22N2O5S/c1-10-4-7-13(26(24,25)20(2)3)9-14(10)19-17(21)15-11-5-6-12(8-11)16(15)18(22)23/h4-7,9,11-12,15-16H,8H2,1-3H3,(H,19,21)(H,22,23). The second-order valence-corrected chi connectivity index (χ2v) is 9.24. The quantitative estimate of drug-likeness (QED) is 0.759. The van der Waals surface area contributed by atoms with Crippen LogP contribution in [0.15, 0.2) is 35.2 Å². The number of hydrogen-bond donors (Lipinski definition) is 2. The van der Waals surface area contributed by atoms with Gasteiger partial charge in [-0.25, -0.2) is 12.7 Å². The van der Waals surface area contributed by atoms with Gasteiger partial charge in [0.05, 0.1) is 16.7 Å². The highest BCUT2D eigenvalue weighted by Crippen LogP contribution is 2.48. The highest BCUT2D eigenvalue weighted by Gasteiger charge is 2.51. The summed E-state index contributed by atoms with van der Waals surface area (Å²) < 4.78 is 25.7. The summed E-state index contributed by atoms with van der Waals surface area (Å²) in [7, 11) is -0.753. The second-order valence-electron chi connectivity index (χ2n) is 7.09. The number of anilines is 1. The Morgan fingerprint density at radius 2 is 1.77 bits per heavy atom. The van der Waals surface area contributed by atoms with E-state index in [9.17, 15) is 23.1 Å². The molecule has 2 aliphatic rings. The number of carbonyl (C=O) groups is 2. The van der Waals surface area contributed by atoms with Crippen molar-refractivity contribution in [2.24, 2.45) is 23.7 Å². The van der Waals surface area contributed by atoms with E-state index in [-0.39, 0.29) is 22.6 Å². The molecule has 3 rings (SSSR count). The van der Waals surface area contributed by atoms with Crippen molar-refractivity contribution in [3.8, 4) is 0 Å². The molecule has 4 unspecified atom stereocenters. The van der Waals surface area contributed by atoms with Gasteiger partial charge in [0.15, 0.2) is 0 Å². The maximum absolute atomic E-state index is 12.8. The van der Waals surface area contributed by atoms with E-state index in [4.69, 9.17) is 0 Å². The van der Waals surface area contributed by atoms with Gasteiger partial charge in [-0.3, -0.25) is 9.59 Å². The van der Waals surface area contributed by atoms with Crippen molar-refractivity contribution in [2.45, 2.75) is 18.2 Å². The van der Waals surface area contributed by atoms with Crippen LogP contribution in [0.4, 0.5) is 5.69 Å². The fourth-order valence-corrected chi connectivity index (χ4v) is 4.77. The van der Waals surface area contributed by atoms with E-state index in [1.807, 2.05) is 12.2 Å². The van der Waals surface area contributed by atoms with Gasteiger partial charge in [0, 0.05) is 19.8 Å². The van der Waals surface area contributed by atoms with Gasteiger partial charge in [-0.2, -0.15) is 0 Å². The van der Waals surface area contributed by atoms with Gasteiger partial charge >= 0.3 is 5.97 Å². The molecule has 0 spiro atoms. The Labute approximate surface area is 152 Å². The summed E-state index contributed by atoms with van der Waals surface area (Å²) in [6.07, 6.45) is 4.46. The molecule has 1 aromatic carbocycles. The van der Waals surface area contributed by atoms with Crippen molar-refractivity contribution in [1.82, 2.24) is 4.31 Å². The van der Waals surface area contributed by atoms with Crippen LogP contribution in [-0.2, 0) is 19.6 Å². The van der Waals surface area contributed by atoms with E-state index in [0.29, 0.717) is 17.7 Å². The van der Waals surface area contributed by atoms with Gasteiger partial charge in [-0.15, -0.1) is 0 Å². The number of fused-ring (bicyclic) bond motifs is 2. The number of rotatable bonds is 5. The Balaban J connectivity index is 1.88. The zero-order valence-electron chi connectivity index (χ0n) is 14.8. The molecule has 1 saturated carbocycles. The summed E-state index contributed by atoms with van der Waals surface area (Å²) in [5.74, 6) is -2.93. The molecule has 4 atom stereocenters. The lowest BCUT2D eigenvalue weighted by Crippen LogP contribution is -2.36. The molecular weight excluding hydrogens is 356 g/mol. The van der Waals surface area contributed by atoms with Crippen molar-refractivity contribution in [3.05, 3.63) is 35.9 Å². The van der Waals surface area contributed by atoms with E-state index < -0.39 is 27.8 Å². The Bertz CT molecular complexity index is 891. The summed E-state index contributed by atoms with van der Waals surface area (Å²) in [5, 5.41) is 12.2. The third-order valence-corrected chi connectivity index (χ3v) is 7.10. The molecule has 140 valence electrons.